The normalized spacial score (nSPS) is 15.8. The van der Waals surface area contributed by atoms with Crippen molar-refractivity contribution in [2.75, 3.05) is 10.8 Å². The highest BCUT2D eigenvalue weighted by Gasteiger charge is 2.37. The van der Waals surface area contributed by atoms with E-state index < -0.39 is 16.1 Å². The number of benzene rings is 3. The first kappa shape index (κ1) is 20.3. The van der Waals surface area contributed by atoms with Crippen LogP contribution in [0.15, 0.2) is 83.8 Å². The van der Waals surface area contributed by atoms with Crippen LogP contribution >= 0.6 is 11.6 Å². The van der Waals surface area contributed by atoms with Crippen LogP contribution in [0.3, 0.4) is 0 Å². The van der Waals surface area contributed by atoms with Gasteiger partial charge in [-0.25, -0.2) is 8.42 Å². The molecule has 0 aromatic heterocycles. The second kappa shape index (κ2) is 8.38. The van der Waals surface area contributed by atoms with E-state index in [1.807, 2.05) is 30.3 Å². The number of sulfonamides is 1. The minimum atomic E-state index is -3.91. The standard InChI is InChI=1S/C22H19ClN2O4S/c23-17-10-12-18(13-11-17)30(27,28)25-15-21(29-20-9-5-4-8-19(20)25)22(26)24-14-16-6-2-1-3-7-16/h1-13,21H,14-15H2,(H,24,26)/t21-/m1/s1. The summed E-state index contributed by atoms with van der Waals surface area (Å²) >= 11 is 5.90. The lowest BCUT2D eigenvalue weighted by molar-refractivity contribution is -0.127. The number of anilines is 1. The first-order chi connectivity index (χ1) is 14.4. The Kier molecular flexibility index (Phi) is 5.65. The van der Waals surface area contributed by atoms with Crippen molar-refractivity contribution in [3.63, 3.8) is 0 Å². The molecule has 30 heavy (non-hydrogen) atoms. The third-order valence-electron chi connectivity index (χ3n) is 4.74. The summed E-state index contributed by atoms with van der Waals surface area (Å²) in [6, 6.07) is 22.1. The van der Waals surface area contributed by atoms with E-state index in [-0.39, 0.29) is 17.3 Å². The third kappa shape index (κ3) is 4.13. The lowest BCUT2D eigenvalue weighted by atomic mass is 10.2. The van der Waals surface area contributed by atoms with Crippen molar-refractivity contribution in [2.45, 2.75) is 17.5 Å². The number of carbonyl (C=O) groups excluding carboxylic acids is 1. The van der Waals surface area contributed by atoms with E-state index in [2.05, 4.69) is 5.32 Å². The largest absolute Gasteiger partial charge is 0.476 e. The summed E-state index contributed by atoms with van der Waals surface area (Å²) in [6.07, 6.45) is -0.981. The summed E-state index contributed by atoms with van der Waals surface area (Å²) in [7, 11) is -3.91. The van der Waals surface area contributed by atoms with Crippen LogP contribution in [-0.2, 0) is 21.4 Å². The topological polar surface area (TPSA) is 75.7 Å². The van der Waals surface area contributed by atoms with Gasteiger partial charge in [0, 0.05) is 11.6 Å². The molecule has 6 nitrogen and oxygen atoms in total. The Hall–Kier alpha value is -3.03. The molecule has 3 aromatic carbocycles. The molecule has 8 heteroatoms. The molecule has 1 amide bonds. The van der Waals surface area contributed by atoms with Crippen molar-refractivity contribution >= 4 is 33.2 Å². The van der Waals surface area contributed by atoms with Crippen molar-refractivity contribution in [3.05, 3.63) is 89.4 Å². The van der Waals surface area contributed by atoms with Crippen LogP contribution in [0.1, 0.15) is 5.56 Å². The number of fused-ring (bicyclic) bond motifs is 1. The molecule has 0 saturated heterocycles. The van der Waals surface area contributed by atoms with E-state index in [0.29, 0.717) is 23.0 Å². The molecule has 0 fully saturated rings. The van der Waals surface area contributed by atoms with Crippen LogP contribution in [0, 0.1) is 0 Å². The van der Waals surface area contributed by atoms with Crippen molar-refractivity contribution in [1.29, 1.82) is 0 Å². The van der Waals surface area contributed by atoms with Crippen LogP contribution in [0.5, 0.6) is 5.75 Å². The number of nitrogens with one attached hydrogen (secondary N) is 1. The Bertz CT molecular complexity index is 1150. The van der Waals surface area contributed by atoms with Gasteiger partial charge >= 0.3 is 0 Å². The fraction of sp³-hybridized carbons (Fsp3) is 0.136. The summed E-state index contributed by atoms with van der Waals surface area (Å²) < 4.78 is 33.6. The zero-order valence-corrected chi connectivity index (χ0v) is 17.4. The van der Waals surface area contributed by atoms with Crippen molar-refractivity contribution in [3.8, 4) is 5.75 Å². The number of amides is 1. The lowest BCUT2D eigenvalue weighted by Gasteiger charge is -2.34. The fourth-order valence-electron chi connectivity index (χ4n) is 3.20. The molecule has 0 radical (unpaired) electrons. The number of hydrogen-bond acceptors (Lipinski definition) is 4. The SMILES string of the molecule is O=C(NCc1ccccc1)[C@H]1CN(S(=O)(=O)c2ccc(Cl)cc2)c2ccccc2O1. The van der Waals surface area contributed by atoms with Crippen molar-refractivity contribution in [1.82, 2.24) is 5.32 Å². The number of hydrogen-bond donors (Lipinski definition) is 1. The Morgan fingerprint density at radius 1 is 1.00 bits per heavy atom. The summed E-state index contributed by atoms with van der Waals surface area (Å²) in [4.78, 5) is 12.8. The highest BCUT2D eigenvalue weighted by Crippen LogP contribution is 2.36. The molecular weight excluding hydrogens is 424 g/mol. The second-order valence-corrected chi connectivity index (χ2v) is 9.07. The molecule has 0 unspecified atom stereocenters. The number of rotatable bonds is 5. The van der Waals surface area contributed by atoms with Gasteiger partial charge in [0.2, 0.25) is 0 Å². The second-order valence-electron chi connectivity index (χ2n) is 6.77. The molecule has 1 heterocycles. The predicted molar refractivity (Wildman–Crippen MR) is 115 cm³/mol. The smallest absolute Gasteiger partial charge is 0.264 e. The van der Waals surface area contributed by atoms with Crippen LogP contribution < -0.4 is 14.4 Å². The highest BCUT2D eigenvalue weighted by atomic mass is 35.5. The first-order valence-electron chi connectivity index (χ1n) is 9.31. The quantitative estimate of drug-likeness (QED) is 0.655. The Labute approximate surface area is 180 Å². The fourth-order valence-corrected chi connectivity index (χ4v) is 4.80. The molecule has 0 bridgehead atoms. The first-order valence-corrected chi connectivity index (χ1v) is 11.1. The van der Waals surface area contributed by atoms with Gasteiger partial charge in [-0.3, -0.25) is 9.10 Å². The van der Waals surface area contributed by atoms with Crippen LogP contribution in [0.2, 0.25) is 5.02 Å². The minimum absolute atomic E-state index is 0.0899. The van der Waals surface area contributed by atoms with Gasteiger partial charge in [-0.05, 0) is 42.0 Å². The Morgan fingerprint density at radius 3 is 2.40 bits per heavy atom. The molecule has 4 rings (SSSR count). The zero-order valence-electron chi connectivity index (χ0n) is 15.9. The number of nitrogens with zero attached hydrogens (tertiary/aromatic N) is 1. The van der Waals surface area contributed by atoms with Crippen LogP contribution in [0.4, 0.5) is 5.69 Å². The summed E-state index contributed by atoms with van der Waals surface area (Å²) in [5.41, 5.74) is 1.33. The minimum Gasteiger partial charge on any atom is -0.476 e. The lowest BCUT2D eigenvalue weighted by Crippen LogP contribution is -2.50. The van der Waals surface area contributed by atoms with E-state index in [4.69, 9.17) is 16.3 Å². The molecule has 0 spiro atoms. The van der Waals surface area contributed by atoms with Gasteiger partial charge in [0.15, 0.2) is 6.10 Å². The maximum absolute atomic E-state index is 13.3. The Morgan fingerprint density at radius 2 is 1.67 bits per heavy atom. The van der Waals surface area contributed by atoms with Gasteiger partial charge < -0.3 is 10.1 Å². The maximum Gasteiger partial charge on any atom is 0.264 e. The average molecular weight is 443 g/mol. The van der Waals surface area contributed by atoms with Crippen LogP contribution in [0.25, 0.3) is 0 Å². The monoisotopic (exact) mass is 442 g/mol. The molecule has 1 atom stereocenters. The summed E-state index contributed by atoms with van der Waals surface area (Å²) in [5.74, 6) is -0.0502. The molecule has 0 saturated carbocycles. The van der Waals surface area contributed by atoms with E-state index >= 15 is 0 Å². The van der Waals surface area contributed by atoms with E-state index in [9.17, 15) is 13.2 Å². The number of halogens is 1. The predicted octanol–water partition coefficient (Wildman–Crippen LogP) is 3.61. The zero-order chi connectivity index (χ0) is 21.1. The highest BCUT2D eigenvalue weighted by molar-refractivity contribution is 7.92. The van der Waals surface area contributed by atoms with Gasteiger partial charge in [-0.15, -0.1) is 0 Å². The average Bonchev–Trinajstić information content (AvgIpc) is 2.77. The summed E-state index contributed by atoms with van der Waals surface area (Å²) in [5, 5.41) is 3.26. The molecular formula is C22H19ClN2O4S. The van der Waals surface area contributed by atoms with E-state index in [0.717, 1.165) is 5.56 Å². The molecule has 154 valence electrons. The summed E-state index contributed by atoms with van der Waals surface area (Å²) in [6.45, 7) is 0.188. The number of carbonyl (C=O) groups is 1. The van der Waals surface area contributed by atoms with Crippen molar-refractivity contribution < 1.29 is 17.9 Å². The van der Waals surface area contributed by atoms with Crippen LogP contribution in [-0.4, -0.2) is 27.0 Å². The molecule has 1 aliphatic rings. The van der Waals surface area contributed by atoms with Gasteiger partial charge in [-0.2, -0.15) is 0 Å². The third-order valence-corrected chi connectivity index (χ3v) is 6.78. The molecule has 1 aliphatic heterocycles. The van der Waals surface area contributed by atoms with Crippen molar-refractivity contribution in [2.24, 2.45) is 0 Å². The molecule has 1 N–H and O–H groups in total. The van der Waals surface area contributed by atoms with Gasteiger partial charge in [0.1, 0.15) is 5.75 Å². The van der Waals surface area contributed by atoms with Gasteiger partial charge in [-0.1, -0.05) is 54.1 Å². The molecule has 0 aliphatic carbocycles. The maximum atomic E-state index is 13.3. The van der Waals surface area contributed by atoms with Gasteiger partial charge in [0.05, 0.1) is 17.1 Å². The van der Waals surface area contributed by atoms with E-state index in [1.54, 1.807) is 24.3 Å². The molecule has 3 aromatic rings. The van der Waals surface area contributed by atoms with E-state index in [1.165, 1.54) is 28.6 Å². The number of ether oxygens (including phenoxy) is 1. The van der Waals surface area contributed by atoms with Gasteiger partial charge in [0.25, 0.3) is 15.9 Å². The Balaban J connectivity index is 1.60. The number of para-hydroxylation sites is 2.